The number of carbonyl (C=O) groups excluding carboxylic acids is 2. The molecular weight excluding hydrogens is 292 g/mol. The summed E-state index contributed by atoms with van der Waals surface area (Å²) in [5.74, 6) is 0.396. The maximum absolute atomic E-state index is 12.4. The molecular formula is C17H20N4O2. The number of anilines is 2. The number of rotatable bonds is 3. The second-order valence-electron chi connectivity index (χ2n) is 5.80. The summed E-state index contributed by atoms with van der Waals surface area (Å²) in [6, 6.07) is 9.58. The van der Waals surface area contributed by atoms with E-state index < -0.39 is 0 Å². The standard InChI is InChI=1S/C17H20N4O2/c1-12-10-15(20(2)19-12)18-16(22)11-21-14-8-4-3-6-13(14)7-5-9-17(21)23/h3-4,6,8,10H,5,7,9,11H2,1-2H3,(H,18,22). The molecule has 23 heavy (non-hydrogen) atoms. The number of fused-ring (bicyclic) bond motifs is 1. The van der Waals surface area contributed by atoms with Gasteiger partial charge in [0, 0.05) is 25.2 Å². The Morgan fingerprint density at radius 2 is 2.09 bits per heavy atom. The number of carbonyl (C=O) groups is 2. The third-order valence-electron chi connectivity index (χ3n) is 3.99. The van der Waals surface area contributed by atoms with Crippen LogP contribution in [-0.2, 0) is 23.1 Å². The number of nitrogens with one attached hydrogen (secondary N) is 1. The lowest BCUT2D eigenvalue weighted by atomic mass is 10.1. The van der Waals surface area contributed by atoms with Crippen LogP contribution in [0, 0.1) is 6.92 Å². The van der Waals surface area contributed by atoms with Crippen molar-refractivity contribution in [2.75, 3.05) is 16.8 Å². The van der Waals surface area contributed by atoms with Gasteiger partial charge < -0.3 is 10.2 Å². The first-order valence-electron chi connectivity index (χ1n) is 7.73. The van der Waals surface area contributed by atoms with Gasteiger partial charge in [-0.15, -0.1) is 0 Å². The van der Waals surface area contributed by atoms with Gasteiger partial charge in [-0.05, 0) is 31.4 Å². The summed E-state index contributed by atoms with van der Waals surface area (Å²) < 4.78 is 1.62. The molecule has 0 radical (unpaired) electrons. The van der Waals surface area contributed by atoms with Crippen LogP contribution >= 0.6 is 0 Å². The van der Waals surface area contributed by atoms with E-state index in [1.165, 1.54) is 0 Å². The summed E-state index contributed by atoms with van der Waals surface area (Å²) >= 11 is 0. The highest BCUT2D eigenvalue weighted by Crippen LogP contribution is 2.26. The summed E-state index contributed by atoms with van der Waals surface area (Å²) in [5, 5.41) is 7.02. The molecule has 3 rings (SSSR count). The predicted octanol–water partition coefficient (Wildman–Crippen LogP) is 2.04. The third-order valence-corrected chi connectivity index (χ3v) is 3.99. The van der Waals surface area contributed by atoms with E-state index in [4.69, 9.17) is 0 Å². The first-order valence-corrected chi connectivity index (χ1v) is 7.73. The SMILES string of the molecule is Cc1cc(NC(=O)CN2C(=O)CCCc3ccccc32)n(C)n1. The fraction of sp³-hybridized carbons (Fsp3) is 0.353. The van der Waals surface area contributed by atoms with Gasteiger partial charge in [0.15, 0.2) is 0 Å². The Morgan fingerprint density at radius 1 is 1.30 bits per heavy atom. The van der Waals surface area contributed by atoms with Crippen molar-refractivity contribution in [2.24, 2.45) is 7.05 Å². The fourth-order valence-electron chi connectivity index (χ4n) is 2.91. The van der Waals surface area contributed by atoms with E-state index in [0.29, 0.717) is 12.2 Å². The summed E-state index contributed by atoms with van der Waals surface area (Å²) in [6.45, 7) is 1.88. The smallest absolute Gasteiger partial charge is 0.245 e. The number of para-hydroxylation sites is 1. The average Bonchev–Trinajstić information content (AvgIpc) is 2.73. The number of hydrogen-bond donors (Lipinski definition) is 1. The van der Waals surface area contributed by atoms with Crippen LogP contribution in [-0.4, -0.2) is 28.1 Å². The highest BCUT2D eigenvalue weighted by Gasteiger charge is 2.24. The van der Waals surface area contributed by atoms with Crippen LogP contribution < -0.4 is 10.2 Å². The summed E-state index contributed by atoms with van der Waals surface area (Å²) in [7, 11) is 1.77. The second kappa shape index (κ2) is 6.24. The zero-order valence-corrected chi connectivity index (χ0v) is 13.4. The molecule has 0 saturated heterocycles. The molecule has 2 heterocycles. The van der Waals surface area contributed by atoms with Gasteiger partial charge in [0.2, 0.25) is 11.8 Å². The Labute approximate surface area is 135 Å². The summed E-state index contributed by atoms with van der Waals surface area (Å²) in [4.78, 5) is 26.3. The van der Waals surface area contributed by atoms with Crippen LogP contribution in [0.5, 0.6) is 0 Å². The molecule has 6 nitrogen and oxygen atoms in total. The van der Waals surface area contributed by atoms with E-state index in [-0.39, 0.29) is 18.4 Å². The Balaban J connectivity index is 1.79. The molecule has 1 aliphatic rings. The average molecular weight is 312 g/mol. The molecule has 1 aromatic carbocycles. The van der Waals surface area contributed by atoms with Crippen molar-refractivity contribution in [2.45, 2.75) is 26.2 Å². The molecule has 0 fully saturated rings. The summed E-state index contributed by atoms with van der Waals surface area (Å²) in [6.07, 6.45) is 2.14. The number of benzene rings is 1. The lowest BCUT2D eigenvalue weighted by Gasteiger charge is -2.22. The van der Waals surface area contributed by atoms with E-state index in [1.54, 1.807) is 22.7 Å². The predicted molar refractivity (Wildman–Crippen MR) is 88.3 cm³/mol. The number of nitrogens with zero attached hydrogens (tertiary/aromatic N) is 3. The maximum Gasteiger partial charge on any atom is 0.245 e. The van der Waals surface area contributed by atoms with E-state index in [2.05, 4.69) is 10.4 Å². The first-order chi connectivity index (χ1) is 11.0. The number of aryl methyl sites for hydroxylation is 3. The Bertz CT molecular complexity index is 751. The van der Waals surface area contributed by atoms with Crippen molar-refractivity contribution in [3.63, 3.8) is 0 Å². The summed E-state index contributed by atoms with van der Waals surface area (Å²) in [5.41, 5.74) is 2.79. The number of amides is 2. The highest BCUT2D eigenvalue weighted by molar-refractivity contribution is 6.03. The van der Waals surface area contributed by atoms with Crippen molar-refractivity contribution in [1.29, 1.82) is 0 Å². The van der Waals surface area contributed by atoms with Crippen LogP contribution in [0.3, 0.4) is 0 Å². The second-order valence-corrected chi connectivity index (χ2v) is 5.80. The van der Waals surface area contributed by atoms with Gasteiger partial charge in [-0.3, -0.25) is 14.3 Å². The minimum Gasteiger partial charge on any atom is -0.309 e. The van der Waals surface area contributed by atoms with Gasteiger partial charge in [-0.25, -0.2) is 0 Å². The van der Waals surface area contributed by atoms with Gasteiger partial charge in [-0.2, -0.15) is 5.10 Å². The van der Waals surface area contributed by atoms with E-state index >= 15 is 0 Å². The topological polar surface area (TPSA) is 67.2 Å². The van der Waals surface area contributed by atoms with Crippen molar-refractivity contribution >= 4 is 23.3 Å². The number of aromatic nitrogens is 2. The zero-order valence-electron chi connectivity index (χ0n) is 13.4. The lowest BCUT2D eigenvalue weighted by molar-refractivity contribution is -0.121. The first kappa shape index (κ1) is 15.3. The normalized spacial score (nSPS) is 14.3. The molecule has 0 spiro atoms. The van der Waals surface area contributed by atoms with Gasteiger partial charge in [-0.1, -0.05) is 18.2 Å². The van der Waals surface area contributed by atoms with Crippen LogP contribution in [0.25, 0.3) is 0 Å². The van der Waals surface area contributed by atoms with Crippen LogP contribution in [0.2, 0.25) is 0 Å². The third kappa shape index (κ3) is 3.26. The number of hydrogen-bond acceptors (Lipinski definition) is 3. The molecule has 1 aliphatic heterocycles. The van der Waals surface area contributed by atoms with E-state index in [1.807, 2.05) is 31.2 Å². The molecule has 2 amide bonds. The Hall–Kier alpha value is -2.63. The largest absolute Gasteiger partial charge is 0.309 e. The minimum absolute atomic E-state index is 0.00807. The molecule has 1 N–H and O–H groups in total. The van der Waals surface area contributed by atoms with Crippen LogP contribution in [0.15, 0.2) is 30.3 Å². The molecule has 1 aromatic heterocycles. The van der Waals surface area contributed by atoms with Gasteiger partial charge in [0.1, 0.15) is 12.4 Å². The van der Waals surface area contributed by atoms with E-state index in [9.17, 15) is 9.59 Å². The van der Waals surface area contributed by atoms with Crippen LogP contribution in [0.1, 0.15) is 24.1 Å². The Morgan fingerprint density at radius 3 is 2.83 bits per heavy atom. The molecule has 120 valence electrons. The molecule has 0 aliphatic carbocycles. The van der Waals surface area contributed by atoms with Gasteiger partial charge in [0.25, 0.3) is 0 Å². The molecule has 0 bridgehead atoms. The zero-order chi connectivity index (χ0) is 16.4. The van der Waals surface area contributed by atoms with E-state index in [0.717, 1.165) is 29.8 Å². The van der Waals surface area contributed by atoms with Gasteiger partial charge in [0.05, 0.1) is 5.69 Å². The molecule has 0 saturated carbocycles. The molecule has 0 unspecified atom stereocenters. The van der Waals surface area contributed by atoms with Crippen molar-refractivity contribution in [3.05, 3.63) is 41.6 Å². The quantitative estimate of drug-likeness (QED) is 0.943. The van der Waals surface area contributed by atoms with Crippen molar-refractivity contribution in [3.8, 4) is 0 Å². The Kier molecular flexibility index (Phi) is 4.14. The molecule has 2 aromatic rings. The highest BCUT2D eigenvalue weighted by atomic mass is 16.2. The minimum atomic E-state index is -0.224. The fourth-order valence-corrected chi connectivity index (χ4v) is 2.91. The van der Waals surface area contributed by atoms with Crippen molar-refractivity contribution in [1.82, 2.24) is 9.78 Å². The lowest BCUT2D eigenvalue weighted by Crippen LogP contribution is -2.38. The van der Waals surface area contributed by atoms with Crippen LogP contribution in [0.4, 0.5) is 11.5 Å². The van der Waals surface area contributed by atoms with Gasteiger partial charge >= 0.3 is 0 Å². The monoisotopic (exact) mass is 312 g/mol. The van der Waals surface area contributed by atoms with Crippen molar-refractivity contribution < 1.29 is 9.59 Å². The molecule has 0 atom stereocenters. The maximum atomic E-state index is 12.4. The molecule has 6 heteroatoms.